The molecule has 3 N–H and O–H groups in total. The zero-order valence-corrected chi connectivity index (χ0v) is 9.49. The van der Waals surface area contributed by atoms with Gasteiger partial charge < -0.3 is 15.8 Å². The van der Waals surface area contributed by atoms with Gasteiger partial charge in [0.15, 0.2) is 0 Å². The van der Waals surface area contributed by atoms with E-state index in [9.17, 15) is 0 Å². The van der Waals surface area contributed by atoms with Crippen molar-refractivity contribution >= 4 is 5.69 Å². The Kier molecular flexibility index (Phi) is 5.15. The molecule has 1 rings (SSSR count). The Bertz CT molecular complexity index is 289. The molecule has 0 spiro atoms. The Labute approximate surface area is 91.6 Å². The number of anilines is 1. The molecule has 1 aromatic carbocycles. The highest BCUT2D eigenvalue weighted by Gasteiger charge is 2.04. The summed E-state index contributed by atoms with van der Waals surface area (Å²) in [4.78, 5) is 0. The molecule has 1 atom stereocenters. The molecule has 15 heavy (non-hydrogen) atoms. The van der Waals surface area contributed by atoms with Crippen molar-refractivity contribution in [3.05, 3.63) is 29.8 Å². The molecule has 3 heteroatoms. The van der Waals surface area contributed by atoms with E-state index in [1.807, 2.05) is 18.2 Å². The van der Waals surface area contributed by atoms with Crippen LogP contribution in [-0.2, 0) is 4.74 Å². The molecule has 0 amide bonds. The van der Waals surface area contributed by atoms with Crippen molar-refractivity contribution in [2.45, 2.75) is 12.8 Å². The largest absolute Gasteiger partial charge is 0.399 e. The maximum absolute atomic E-state index is 5.73. The topological polar surface area (TPSA) is 47.3 Å². The van der Waals surface area contributed by atoms with Crippen molar-refractivity contribution in [2.24, 2.45) is 0 Å². The molecule has 0 radical (unpaired) electrons. The minimum Gasteiger partial charge on any atom is -0.399 e. The number of ether oxygens (including phenoxy) is 1. The van der Waals surface area contributed by atoms with Gasteiger partial charge in [0.2, 0.25) is 0 Å². The standard InChI is InChI=1S/C12H20N2O/c1-10(9-14-6-7-15-2)11-4-3-5-12(13)8-11/h3-5,8,10,14H,6-7,9,13H2,1-2H3. The molecule has 1 aromatic rings. The van der Waals surface area contributed by atoms with Crippen LogP contribution in [0.2, 0.25) is 0 Å². The lowest BCUT2D eigenvalue weighted by molar-refractivity contribution is 0.199. The lowest BCUT2D eigenvalue weighted by Crippen LogP contribution is -2.23. The molecule has 0 saturated carbocycles. The predicted molar refractivity (Wildman–Crippen MR) is 64.0 cm³/mol. The highest BCUT2D eigenvalue weighted by atomic mass is 16.5. The van der Waals surface area contributed by atoms with Crippen LogP contribution in [0.1, 0.15) is 18.4 Å². The van der Waals surface area contributed by atoms with Crippen LogP contribution in [0, 0.1) is 0 Å². The third-order valence-electron chi connectivity index (χ3n) is 2.41. The van der Waals surface area contributed by atoms with Gasteiger partial charge in [-0.05, 0) is 23.6 Å². The van der Waals surface area contributed by atoms with Gasteiger partial charge in [-0.3, -0.25) is 0 Å². The summed E-state index contributed by atoms with van der Waals surface area (Å²) in [7, 11) is 1.71. The summed E-state index contributed by atoms with van der Waals surface area (Å²) in [6.45, 7) is 4.79. The van der Waals surface area contributed by atoms with Crippen LogP contribution in [0.25, 0.3) is 0 Å². The van der Waals surface area contributed by atoms with E-state index >= 15 is 0 Å². The third-order valence-corrected chi connectivity index (χ3v) is 2.41. The third kappa shape index (κ3) is 4.32. The van der Waals surface area contributed by atoms with E-state index in [4.69, 9.17) is 10.5 Å². The fourth-order valence-electron chi connectivity index (χ4n) is 1.48. The van der Waals surface area contributed by atoms with Crippen molar-refractivity contribution in [1.82, 2.24) is 5.32 Å². The van der Waals surface area contributed by atoms with Gasteiger partial charge in [0.25, 0.3) is 0 Å². The molecule has 3 nitrogen and oxygen atoms in total. The maximum atomic E-state index is 5.73. The molecule has 0 fully saturated rings. The SMILES string of the molecule is COCCNCC(C)c1cccc(N)c1. The van der Waals surface area contributed by atoms with E-state index in [1.165, 1.54) is 5.56 Å². The number of nitrogens with two attached hydrogens (primary N) is 1. The highest BCUT2D eigenvalue weighted by molar-refractivity contribution is 5.41. The second kappa shape index (κ2) is 6.43. The molecular weight excluding hydrogens is 188 g/mol. The number of benzene rings is 1. The lowest BCUT2D eigenvalue weighted by Gasteiger charge is -2.13. The first-order valence-corrected chi connectivity index (χ1v) is 5.29. The van der Waals surface area contributed by atoms with E-state index in [1.54, 1.807) is 7.11 Å². The Balaban J connectivity index is 2.36. The smallest absolute Gasteiger partial charge is 0.0587 e. The molecule has 0 aliphatic carbocycles. The van der Waals surface area contributed by atoms with Gasteiger partial charge in [-0.2, -0.15) is 0 Å². The molecule has 1 unspecified atom stereocenters. The zero-order valence-electron chi connectivity index (χ0n) is 9.49. The maximum Gasteiger partial charge on any atom is 0.0587 e. The summed E-state index contributed by atoms with van der Waals surface area (Å²) >= 11 is 0. The molecule has 0 saturated heterocycles. The quantitative estimate of drug-likeness (QED) is 0.551. The minimum atomic E-state index is 0.477. The van der Waals surface area contributed by atoms with Crippen LogP contribution in [0.5, 0.6) is 0 Å². The number of nitrogen functional groups attached to an aromatic ring is 1. The summed E-state index contributed by atoms with van der Waals surface area (Å²) in [6.07, 6.45) is 0. The summed E-state index contributed by atoms with van der Waals surface area (Å²) in [5, 5.41) is 3.34. The number of nitrogens with one attached hydrogen (secondary N) is 1. The van der Waals surface area contributed by atoms with Gasteiger partial charge in [0, 0.05) is 25.9 Å². The second-order valence-corrected chi connectivity index (χ2v) is 3.77. The van der Waals surface area contributed by atoms with Gasteiger partial charge in [0.05, 0.1) is 6.61 Å². The zero-order chi connectivity index (χ0) is 11.1. The van der Waals surface area contributed by atoms with Crippen LogP contribution >= 0.6 is 0 Å². The average Bonchev–Trinajstić information content (AvgIpc) is 2.24. The number of rotatable bonds is 6. The summed E-state index contributed by atoms with van der Waals surface area (Å²) in [5.74, 6) is 0.477. The Morgan fingerprint density at radius 3 is 2.93 bits per heavy atom. The number of methoxy groups -OCH3 is 1. The Morgan fingerprint density at radius 1 is 1.47 bits per heavy atom. The van der Waals surface area contributed by atoms with Crippen LogP contribution < -0.4 is 11.1 Å². The Morgan fingerprint density at radius 2 is 2.27 bits per heavy atom. The first kappa shape index (κ1) is 12.0. The van der Waals surface area contributed by atoms with Crippen LogP contribution in [-0.4, -0.2) is 26.8 Å². The van der Waals surface area contributed by atoms with Gasteiger partial charge in [0.1, 0.15) is 0 Å². The van der Waals surface area contributed by atoms with Crippen molar-refractivity contribution < 1.29 is 4.74 Å². The molecule has 0 bridgehead atoms. The first-order valence-electron chi connectivity index (χ1n) is 5.29. The number of hydrogen-bond acceptors (Lipinski definition) is 3. The van der Waals surface area contributed by atoms with Crippen molar-refractivity contribution in [1.29, 1.82) is 0 Å². The van der Waals surface area contributed by atoms with Gasteiger partial charge in [-0.1, -0.05) is 19.1 Å². The summed E-state index contributed by atoms with van der Waals surface area (Å²) in [5.41, 5.74) is 7.84. The monoisotopic (exact) mass is 208 g/mol. The molecular formula is C12H20N2O. The average molecular weight is 208 g/mol. The molecule has 0 aliphatic heterocycles. The van der Waals surface area contributed by atoms with Crippen molar-refractivity contribution in [2.75, 3.05) is 32.5 Å². The molecule has 0 heterocycles. The minimum absolute atomic E-state index is 0.477. The van der Waals surface area contributed by atoms with Crippen LogP contribution in [0.3, 0.4) is 0 Å². The highest BCUT2D eigenvalue weighted by Crippen LogP contribution is 2.16. The molecule has 84 valence electrons. The normalized spacial score (nSPS) is 12.7. The lowest BCUT2D eigenvalue weighted by atomic mass is 10.0. The molecule has 0 aromatic heterocycles. The molecule has 0 aliphatic rings. The van der Waals surface area contributed by atoms with Gasteiger partial charge in [-0.15, -0.1) is 0 Å². The number of hydrogen-bond donors (Lipinski definition) is 2. The van der Waals surface area contributed by atoms with Gasteiger partial charge >= 0.3 is 0 Å². The van der Waals surface area contributed by atoms with E-state index in [-0.39, 0.29) is 0 Å². The van der Waals surface area contributed by atoms with Gasteiger partial charge in [-0.25, -0.2) is 0 Å². The first-order chi connectivity index (χ1) is 7.24. The summed E-state index contributed by atoms with van der Waals surface area (Å²) in [6, 6.07) is 8.05. The van der Waals surface area contributed by atoms with E-state index in [0.717, 1.165) is 25.4 Å². The van der Waals surface area contributed by atoms with Crippen molar-refractivity contribution in [3.8, 4) is 0 Å². The van der Waals surface area contributed by atoms with Crippen LogP contribution in [0.15, 0.2) is 24.3 Å². The van der Waals surface area contributed by atoms with E-state index < -0.39 is 0 Å². The van der Waals surface area contributed by atoms with E-state index in [0.29, 0.717) is 5.92 Å². The Hall–Kier alpha value is -1.06. The second-order valence-electron chi connectivity index (χ2n) is 3.77. The van der Waals surface area contributed by atoms with Crippen LogP contribution in [0.4, 0.5) is 5.69 Å². The fraction of sp³-hybridized carbons (Fsp3) is 0.500. The van der Waals surface area contributed by atoms with Crippen molar-refractivity contribution in [3.63, 3.8) is 0 Å². The van der Waals surface area contributed by atoms with E-state index in [2.05, 4.69) is 18.3 Å². The predicted octanol–water partition coefficient (Wildman–Crippen LogP) is 1.61. The summed E-state index contributed by atoms with van der Waals surface area (Å²) < 4.78 is 4.97. The fourth-order valence-corrected chi connectivity index (χ4v) is 1.48.